The van der Waals surface area contributed by atoms with Crippen molar-refractivity contribution in [3.63, 3.8) is 0 Å². The Bertz CT molecular complexity index is 308. The molecule has 13 heavy (non-hydrogen) atoms. The number of hydrogen-bond acceptors (Lipinski definition) is 5. The molecular weight excluding hydrogens is 180 g/mol. The van der Waals surface area contributed by atoms with Crippen LogP contribution >= 0.6 is 0 Å². The van der Waals surface area contributed by atoms with Gasteiger partial charge in [-0.15, -0.1) is 0 Å². The molecule has 2 rings (SSSR count). The fourth-order valence-electron chi connectivity index (χ4n) is 1.58. The lowest BCUT2D eigenvalue weighted by atomic mass is 9.80. The lowest BCUT2D eigenvalue weighted by Gasteiger charge is -2.12. The Morgan fingerprint density at radius 1 is 1.46 bits per heavy atom. The smallest absolute Gasteiger partial charge is 0.328 e. The first-order valence-corrected chi connectivity index (χ1v) is 3.66. The summed E-state index contributed by atoms with van der Waals surface area (Å²) in [6, 6.07) is 0. The van der Waals surface area contributed by atoms with Crippen molar-refractivity contribution in [1.82, 2.24) is 0 Å². The lowest BCUT2D eigenvalue weighted by molar-refractivity contribution is -0.161. The van der Waals surface area contributed by atoms with E-state index in [0.29, 0.717) is 0 Å². The van der Waals surface area contributed by atoms with Crippen LogP contribution in [0.15, 0.2) is 0 Å². The van der Waals surface area contributed by atoms with E-state index in [0.717, 1.165) is 0 Å². The third-order valence-electron chi connectivity index (χ3n) is 2.45. The van der Waals surface area contributed by atoms with E-state index in [1.54, 1.807) is 0 Å². The molecule has 70 valence electrons. The molecule has 2 atom stereocenters. The number of fused-ring (bicyclic) bond motifs is 1. The molecule has 6 heteroatoms. The van der Waals surface area contributed by atoms with Gasteiger partial charge in [0.2, 0.25) is 5.41 Å². The summed E-state index contributed by atoms with van der Waals surface area (Å²) >= 11 is 0. The van der Waals surface area contributed by atoms with E-state index in [2.05, 4.69) is 9.47 Å². The van der Waals surface area contributed by atoms with Gasteiger partial charge in [-0.05, 0) is 0 Å². The van der Waals surface area contributed by atoms with Crippen molar-refractivity contribution in [3.8, 4) is 0 Å². The monoisotopic (exact) mass is 186 g/mol. The largest absolute Gasteiger partial charge is 0.480 e. The maximum atomic E-state index is 11.1. The lowest BCUT2D eigenvalue weighted by Crippen LogP contribution is -2.41. The van der Waals surface area contributed by atoms with Crippen molar-refractivity contribution < 1.29 is 29.0 Å². The van der Waals surface area contributed by atoms with Gasteiger partial charge >= 0.3 is 17.9 Å². The van der Waals surface area contributed by atoms with E-state index < -0.39 is 35.8 Å². The van der Waals surface area contributed by atoms with E-state index in [1.807, 2.05) is 0 Å². The maximum absolute atomic E-state index is 11.1. The molecule has 0 amide bonds. The molecule has 0 spiro atoms. The van der Waals surface area contributed by atoms with Crippen LogP contribution in [0.1, 0.15) is 0 Å². The highest BCUT2D eigenvalue weighted by atomic mass is 16.6. The van der Waals surface area contributed by atoms with Gasteiger partial charge in [0, 0.05) is 0 Å². The quantitative estimate of drug-likeness (QED) is 0.408. The molecule has 0 saturated carbocycles. The number of esters is 2. The van der Waals surface area contributed by atoms with E-state index in [4.69, 9.17) is 5.11 Å². The number of rotatable bonds is 1. The molecule has 2 heterocycles. The molecule has 0 unspecified atom stereocenters. The molecule has 0 radical (unpaired) electrons. The second-order valence-corrected chi connectivity index (χ2v) is 3.04. The van der Waals surface area contributed by atoms with Crippen LogP contribution in [-0.2, 0) is 23.9 Å². The predicted molar refractivity (Wildman–Crippen MR) is 35.5 cm³/mol. The standard InChI is InChI=1S/C7H6O6/c8-4-3-1-12-6(11)7(3,2-13-4)5(9)10/h3H,1-2H2,(H,9,10)/t3-,7+/m0/s1. The highest BCUT2D eigenvalue weighted by molar-refractivity contribution is 6.06. The molecular formula is C7H6O6. The Labute approximate surface area is 72.4 Å². The molecule has 0 bridgehead atoms. The first-order valence-electron chi connectivity index (χ1n) is 3.66. The van der Waals surface area contributed by atoms with Gasteiger partial charge < -0.3 is 14.6 Å². The van der Waals surface area contributed by atoms with Gasteiger partial charge in [0.05, 0.1) is 0 Å². The molecule has 0 aliphatic carbocycles. The summed E-state index contributed by atoms with van der Waals surface area (Å²) in [7, 11) is 0. The maximum Gasteiger partial charge on any atom is 0.328 e. The van der Waals surface area contributed by atoms with Gasteiger partial charge in [-0.3, -0.25) is 14.4 Å². The number of carbonyl (C=O) groups is 3. The molecule has 1 N–H and O–H groups in total. The SMILES string of the molecule is O=C1OC[C@@]2(C(=O)O)C(=O)OC[C@@H]12. The third kappa shape index (κ3) is 0.746. The average Bonchev–Trinajstić information content (AvgIpc) is 2.55. The van der Waals surface area contributed by atoms with Crippen molar-refractivity contribution in [2.75, 3.05) is 13.2 Å². The zero-order valence-corrected chi connectivity index (χ0v) is 6.48. The Morgan fingerprint density at radius 3 is 2.69 bits per heavy atom. The second kappa shape index (κ2) is 2.21. The summed E-state index contributed by atoms with van der Waals surface area (Å²) in [4.78, 5) is 33.0. The van der Waals surface area contributed by atoms with Gasteiger partial charge in [0.25, 0.3) is 0 Å². The van der Waals surface area contributed by atoms with Crippen LogP contribution in [0.25, 0.3) is 0 Å². The fourth-order valence-corrected chi connectivity index (χ4v) is 1.58. The molecule has 0 aromatic carbocycles. The molecule has 2 fully saturated rings. The van der Waals surface area contributed by atoms with Crippen molar-refractivity contribution in [3.05, 3.63) is 0 Å². The minimum atomic E-state index is -1.78. The average molecular weight is 186 g/mol. The first kappa shape index (κ1) is 8.03. The van der Waals surface area contributed by atoms with Gasteiger partial charge in [-0.2, -0.15) is 0 Å². The number of hydrogen-bond donors (Lipinski definition) is 1. The number of aliphatic carboxylic acids is 1. The fraction of sp³-hybridized carbons (Fsp3) is 0.571. The normalized spacial score (nSPS) is 36.8. The van der Waals surface area contributed by atoms with Crippen LogP contribution in [0.4, 0.5) is 0 Å². The third-order valence-corrected chi connectivity index (χ3v) is 2.45. The first-order chi connectivity index (χ1) is 6.09. The summed E-state index contributed by atoms with van der Waals surface area (Å²) in [5.41, 5.74) is -1.78. The second-order valence-electron chi connectivity index (χ2n) is 3.04. The van der Waals surface area contributed by atoms with Crippen molar-refractivity contribution in [2.24, 2.45) is 11.3 Å². The molecule has 0 aromatic rings. The zero-order valence-electron chi connectivity index (χ0n) is 6.48. The Balaban J connectivity index is 2.47. The van der Waals surface area contributed by atoms with Gasteiger partial charge in [-0.25, -0.2) is 0 Å². The number of ether oxygens (including phenoxy) is 2. The number of carbonyl (C=O) groups excluding carboxylic acids is 2. The van der Waals surface area contributed by atoms with Crippen LogP contribution in [0, 0.1) is 11.3 Å². The number of carboxylic acids is 1. The van der Waals surface area contributed by atoms with E-state index in [-0.39, 0.29) is 6.61 Å². The highest BCUT2D eigenvalue weighted by Gasteiger charge is 2.67. The molecule has 2 aliphatic heterocycles. The van der Waals surface area contributed by atoms with E-state index in [9.17, 15) is 14.4 Å². The Kier molecular flexibility index (Phi) is 1.37. The minimum absolute atomic E-state index is 0.191. The van der Waals surface area contributed by atoms with Gasteiger partial charge in [0.15, 0.2) is 0 Å². The zero-order chi connectivity index (χ0) is 9.64. The van der Waals surface area contributed by atoms with Gasteiger partial charge in [0.1, 0.15) is 19.1 Å². The van der Waals surface area contributed by atoms with E-state index in [1.165, 1.54) is 0 Å². The molecule has 0 aromatic heterocycles. The van der Waals surface area contributed by atoms with Gasteiger partial charge in [-0.1, -0.05) is 0 Å². The summed E-state index contributed by atoms with van der Waals surface area (Å²) in [6.45, 7) is -0.603. The van der Waals surface area contributed by atoms with Crippen LogP contribution < -0.4 is 0 Å². The predicted octanol–water partition coefficient (Wildman–Crippen LogP) is -1.21. The highest BCUT2D eigenvalue weighted by Crippen LogP contribution is 2.41. The summed E-state index contributed by atoms with van der Waals surface area (Å²) < 4.78 is 9.07. The van der Waals surface area contributed by atoms with Crippen molar-refractivity contribution in [2.45, 2.75) is 0 Å². The van der Waals surface area contributed by atoms with Crippen LogP contribution in [0.3, 0.4) is 0 Å². The van der Waals surface area contributed by atoms with E-state index >= 15 is 0 Å². The summed E-state index contributed by atoms with van der Waals surface area (Å²) in [6.07, 6.45) is 0. The molecule has 6 nitrogen and oxygen atoms in total. The number of cyclic esters (lactones) is 2. The minimum Gasteiger partial charge on any atom is -0.480 e. The molecule has 2 saturated heterocycles. The topological polar surface area (TPSA) is 89.9 Å². The van der Waals surface area contributed by atoms with Crippen molar-refractivity contribution >= 4 is 17.9 Å². The summed E-state index contributed by atoms with van der Waals surface area (Å²) in [5, 5.41) is 8.83. The Morgan fingerprint density at radius 2 is 2.15 bits per heavy atom. The van der Waals surface area contributed by atoms with Crippen LogP contribution in [-0.4, -0.2) is 36.2 Å². The van der Waals surface area contributed by atoms with Crippen molar-refractivity contribution in [1.29, 1.82) is 0 Å². The summed E-state index contributed by atoms with van der Waals surface area (Å²) in [5.74, 6) is -3.88. The number of carboxylic acid groups (broad SMARTS) is 1. The molecule has 2 aliphatic rings. The van der Waals surface area contributed by atoms with Crippen LogP contribution in [0.5, 0.6) is 0 Å². The Hall–Kier alpha value is -1.59. The van der Waals surface area contributed by atoms with Crippen LogP contribution in [0.2, 0.25) is 0 Å².